The Morgan fingerprint density at radius 1 is 0.846 bits per heavy atom. The summed E-state index contributed by atoms with van der Waals surface area (Å²) < 4.78 is 0. The fourth-order valence-electron chi connectivity index (χ4n) is 4.17. The molecule has 0 aliphatic heterocycles. The monoisotopic (exact) mass is 180 g/mol. The highest BCUT2D eigenvalue weighted by atomic mass is 14.5. The molecule has 2 fully saturated rings. The predicted molar refractivity (Wildman–Crippen MR) is 57.6 cm³/mol. The van der Waals surface area contributed by atoms with Crippen LogP contribution in [0.3, 0.4) is 0 Å². The Labute approximate surface area is 83.1 Å². The Bertz CT molecular complexity index is 184. The third-order valence-electron chi connectivity index (χ3n) is 4.98. The van der Waals surface area contributed by atoms with Gasteiger partial charge < -0.3 is 0 Å². The Kier molecular flexibility index (Phi) is 2.20. The summed E-state index contributed by atoms with van der Waals surface area (Å²) in [5.74, 6) is 3.95. The van der Waals surface area contributed by atoms with E-state index < -0.39 is 0 Å². The predicted octanol–water partition coefficient (Wildman–Crippen LogP) is 4.10. The molecule has 76 valence electrons. The van der Waals surface area contributed by atoms with Crippen LogP contribution in [0.5, 0.6) is 0 Å². The number of hydrogen-bond donors (Lipinski definition) is 0. The highest BCUT2D eigenvalue weighted by Crippen LogP contribution is 2.59. The Balaban J connectivity index is 2.14. The van der Waals surface area contributed by atoms with Crippen LogP contribution in [0.2, 0.25) is 0 Å². The zero-order chi connectivity index (χ0) is 9.64. The minimum absolute atomic E-state index is 0.762. The maximum atomic E-state index is 2.49. The van der Waals surface area contributed by atoms with E-state index in [1.807, 2.05) is 0 Å². The van der Waals surface area contributed by atoms with Gasteiger partial charge in [-0.25, -0.2) is 0 Å². The molecule has 0 bridgehead atoms. The highest BCUT2D eigenvalue weighted by Gasteiger charge is 2.49. The SMILES string of the molecule is CC1CC(C)C2(C1)CC(C)C(C)C2. The third-order valence-corrected chi connectivity index (χ3v) is 4.98. The molecule has 0 heteroatoms. The average Bonchev–Trinajstić information content (AvgIpc) is 2.40. The van der Waals surface area contributed by atoms with Crippen LogP contribution in [0.25, 0.3) is 0 Å². The van der Waals surface area contributed by atoms with E-state index in [4.69, 9.17) is 0 Å². The van der Waals surface area contributed by atoms with E-state index in [9.17, 15) is 0 Å². The van der Waals surface area contributed by atoms with Crippen LogP contribution < -0.4 is 0 Å². The summed E-state index contributed by atoms with van der Waals surface area (Å²) in [5.41, 5.74) is 0.762. The second kappa shape index (κ2) is 3.00. The lowest BCUT2D eigenvalue weighted by molar-refractivity contribution is 0.210. The summed E-state index contributed by atoms with van der Waals surface area (Å²) >= 11 is 0. The van der Waals surface area contributed by atoms with Gasteiger partial charge in [-0.15, -0.1) is 0 Å². The van der Waals surface area contributed by atoms with Gasteiger partial charge in [0.15, 0.2) is 0 Å². The number of hydrogen-bond acceptors (Lipinski definition) is 0. The van der Waals surface area contributed by atoms with Crippen molar-refractivity contribution in [1.29, 1.82) is 0 Å². The molecule has 0 heterocycles. The summed E-state index contributed by atoms with van der Waals surface area (Å²) in [7, 11) is 0. The van der Waals surface area contributed by atoms with Crippen molar-refractivity contribution in [2.45, 2.75) is 53.4 Å². The lowest BCUT2D eigenvalue weighted by Gasteiger charge is -2.29. The van der Waals surface area contributed by atoms with Crippen molar-refractivity contribution >= 4 is 0 Å². The van der Waals surface area contributed by atoms with E-state index in [1.165, 1.54) is 25.7 Å². The molecule has 2 saturated carbocycles. The van der Waals surface area contributed by atoms with Gasteiger partial charge in [-0.3, -0.25) is 0 Å². The van der Waals surface area contributed by atoms with Crippen molar-refractivity contribution in [2.24, 2.45) is 29.1 Å². The Morgan fingerprint density at radius 3 is 1.77 bits per heavy atom. The van der Waals surface area contributed by atoms with Gasteiger partial charge in [-0.2, -0.15) is 0 Å². The van der Waals surface area contributed by atoms with E-state index in [0.29, 0.717) is 0 Å². The first-order valence-electron chi connectivity index (χ1n) is 6.03. The van der Waals surface area contributed by atoms with Gasteiger partial charge in [0.1, 0.15) is 0 Å². The van der Waals surface area contributed by atoms with Gasteiger partial charge in [0.05, 0.1) is 0 Å². The normalized spacial score (nSPS) is 56.3. The van der Waals surface area contributed by atoms with Gasteiger partial charge in [0.25, 0.3) is 0 Å². The Hall–Kier alpha value is 0. The molecule has 4 atom stereocenters. The quantitative estimate of drug-likeness (QED) is 0.526. The van der Waals surface area contributed by atoms with Crippen molar-refractivity contribution in [3.63, 3.8) is 0 Å². The molecule has 0 radical (unpaired) electrons. The molecule has 0 saturated heterocycles. The minimum Gasteiger partial charge on any atom is -0.0625 e. The number of rotatable bonds is 0. The second-order valence-electron chi connectivity index (χ2n) is 6.17. The maximum Gasteiger partial charge on any atom is -0.0264 e. The summed E-state index contributed by atoms with van der Waals surface area (Å²) in [6.07, 6.45) is 6.03. The minimum atomic E-state index is 0.762. The van der Waals surface area contributed by atoms with Crippen LogP contribution in [0, 0.1) is 29.1 Å². The summed E-state index contributed by atoms with van der Waals surface area (Å²) in [6, 6.07) is 0. The van der Waals surface area contributed by atoms with E-state index in [-0.39, 0.29) is 0 Å². The molecule has 0 amide bonds. The van der Waals surface area contributed by atoms with Gasteiger partial charge in [-0.05, 0) is 54.8 Å². The molecule has 0 aromatic rings. The van der Waals surface area contributed by atoms with Gasteiger partial charge >= 0.3 is 0 Å². The third kappa shape index (κ3) is 1.43. The maximum absolute atomic E-state index is 2.49. The highest BCUT2D eigenvalue weighted by molar-refractivity contribution is 4.99. The molecular weight excluding hydrogens is 156 g/mol. The van der Waals surface area contributed by atoms with Crippen molar-refractivity contribution < 1.29 is 0 Å². The van der Waals surface area contributed by atoms with Crippen LogP contribution >= 0.6 is 0 Å². The molecular formula is C13H24. The largest absolute Gasteiger partial charge is 0.0625 e. The van der Waals surface area contributed by atoms with Crippen molar-refractivity contribution in [3.05, 3.63) is 0 Å². The smallest absolute Gasteiger partial charge is 0.0264 e. The molecule has 0 nitrogen and oxygen atoms in total. The molecule has 0 aromatic heterocycles. The molecule has 4 unspecified atom stereocenters. The van der Waals surface area contributed by atoms with Gasteiger partial charge in [-0.1, -0.05) is 27.7 Å². The summed E-state index contributed by atoms with van der Waals surface area (Å²) in [6.45, 7) is 9.84. The standard InChI is InChI=1S/C13H24/c1-9-5-12(4)13(6-9)7-10(2)11(3)8-13/h9-12H,5-8H2,1-4H3. The van der Waals surface area contributed by atoms with E-state index in [0.717, 1.165) is 29.1 Å². The molecule has 1 spiro atoms. The van der Waals surface area contributed by atoms with E-state index >= 15 is 0 Å². The van der Waals surface area contributed by atoms with Crippen LogP contribution in [-0.2, 0) is 0 Å². The molecule has 2 aliphatic rings. The van der Waals surface area contributed by atoms with Crippen LogP contribution in [-0.4, -0.2) is 0 Å². The second-order valence-corrected chi connectivity index (χ2v) is 6.17. The lowest BCUT2D eigenvalue weighted by atomic mass is 9.76. The fourth-order valence-corrected chi connectivity index (χ4v) is 4.17. The van der Waals surface area contributed by atoms with Crippen molar-refractivity contribution in [3.8, 4) is 0 Å². The molecule has 2 rings (SSSR count). The summed E-state index contributed by atoms with van der Waals surface area (Å²) in [5, 5.41) is 0. The lowest BCUT2D eigenvalue weighted by Crippen LogP contribution is -2.20. The first-order chi connectivity index (χ1) is 6.03. The molecule has 0 N–H and O–H groups in total. The van der Waals surface area contributed by atoms with Crippen molar-refractivity contribution in [2.75, 3.05) is 0 Å². The van der Waals surface area contributed by atoms with Crippen LogP contribution in [0.15, 0.2) is 0 Å². The molecule has 13 heavy (non-hydrogen) atoms. The first-order valence-corrected chi connectivity index (χ1v) is 6.03. The first kappa shape index (κ1) is 9.55. The summed E-state index contributed by atoms with van der Waals surface area (Å²) in [4.78, 5) is 0. The Morgan fingerprint density at radius 2 is 1.38 bits per heavy atom. The van der Waals surface area contributed by atoms with E-state index in [1.54, 1.807) is 0 Å². The topological polar surface area (TPSA) is 0 Å². The van der Waals surface area contributed by atoms with Gasteiger partial charge in [0.2, 0.25) is 0 Å². The molecule has 0 aromatic carbocycles. The zero-order valence-corrected chi connectivity index (χ0v) is 9.64. The zero-order valence-electron chi connectivity index (χ0n) is 9.64. The van der Waals surface area contributed by atoms with Crippen LogP contribution in [0.1, 0.15) is 53.4 Å². The molecule has 2 aliphatic carbocycles. The van der Waals surface area contributed by atoms with E-state index in [2.05, 4.69) is 27.7 Å². The average molecular weight is 180 g/mol. The fraction of sp³-hybridized carbons (Fsp3) is 1.00. The van der Waals surface area contributed by atoms with Gasteiger partial charge in [0, 0.05) is 0 Å². The van der Waals surface area contributed by atoms with Crippen molar-refractivity contribution in [1.82, 2.24) is 0 Å². The van der Waals surface area contributed by atoms with Crippen LogP contribution in [0.4, 0.5) is 0 Å².